The van der Waals surface area contributed by atoms with Gasteiger partial charge in [-0.05, 0) is 27.0 Å². The molecule has 1 aromatic carbocycles. The van der Waals surface area contributed by atoms with Gasteiger partial charge in [-0.25, -0.2) is 0 Å². The molecule has 142 valence electrons. The second kappa shape index (κ2) is 9.50. The van der Waals surface area contributed by atoms with Crippen LogP contribution in [0.2, 0.25) is 0 Å². The zero-order valence-corrected chi connectivity index (χ0v) is 15.4. The molecular formula is C17H27F3N4O. The van der Waals surface area contributed by atoms with Crippen LogP contribution in [0.1, 0.15) is 24.1 Å². The second-order valence-electron chi connectivity index (χ2n) is 5.96. The van der Waals surface area contributed by atoms with E-state index in [9.17, 15) is 13.2 Å². The maximum absolute atomic E-state index is 12.3. The Kier molecular flexibility index (Phi) is 8.02. The second-order valence-corrected chi connectivity index (χ2v) is 5.96. The number of hydrogen-bond donors (Lipinski definition) is 2. The van der Waals surface area contributed by atoms with E-state index in [-0.39, 0.29) is 12.6 Å². The minimum atomic E-state index is -4.19. The molecule has 0 aliphatic heterocycles. The van der Waals surface area contributed by atoms with E-state index in [0.717, 1.165) is 16.9 Å². The van der Waals surface area contributed by atoms with Crippen LogP contribution >= 0.6 is 0 Å². The van der Waals surface area contributed by atoms with Crippen LogP contribution < -0.4 is 15.4 Å². The minimum absolute atomic E-state index is 0.0750. The van der Waals surface area contributed by atoms with Gasteiger partial charge in [-0.3, -0.25) is 9.89 Å². The number of nitrogens with one attached hydrogen (secondary N) is 2. The summed E-state index contributed by atoms with van der Waals surface area (Å²) >= 11 is 0. The lowest BCUT2D eigenvalue weighted by atomic mass is 10.0. The lowest BCUT2D eigenvalue weighted by Crippen LogP contribution is -2.43. The van der Waals surface area contributed by atoms with Gasteiger partial charge in [0, 0.05) is 25.7 Å². The predicted molar refractivity (Wildman–Crippen MR) is 94.2 cm³/mol. The number of likely N-dealkylation sites (N-methyl/N-ethyl adjacent to an activating group) is 1. The number of alkyl halides is 3. The molecule has 1 aromatic rings. The summed E-state index contributed by atoms with van der Waals surface area (Å²) in [6.07, 6.45) is -4.19. The highest BCUT2D eigenvalue weighted by atomic mass is 19.4. The van der Waals surface area contributed by atoms with Gasteiger partial charge in [-0.2, -0.15) is 13.2 Å². The standard InChI is InChI=1S/C17H27F3N4O/c1-12-6-7-15(25-5)14(10-12)13(2)23-16(21-3)22-8-9-24(4)11-17(18,19)20/h6-7,10,13H,8-9,11H2,1-5H3,(H2,21,22,23). The van der Waals surface area contributed by atoms with E-state index in [4.69, 9.17) is 4.74 Å². The van der Waals surface area contributed by atoms with Crippen LogP contribution in [0.15, 0.2) is 23.2 Å². The molecule has 0 spiro atoms. The van der Waals surface area contributed by atoms with Crippen molar-refractivity contribution in [3.8, 4) is 5.75 Å². The molecule has 0 amide bonds. The third-order valence-corrected chi connectivity index (χ3v) is 3.66. The number of aryl methyl sites for hydroxylation is 1. The Bertz CT molecular complexity index is 576. The van der Waals surface area contributed by atoms with Crippen LogP contribution in [0.3, 0.4) is 0 Å². The lowest BCUT2D eigenvalue weighted by Gasteiger charge is -2.22. The first-order valence-corrected chi connectivity index (χ1v) is 8.03. The first-order chi connectivity index (χ1) is 11.7. The average molecular weight is 360 g/mol. The van der Waals surface area contributed by atoms with Crippen molar-refractivity contribution >= 4 is 5.96 Å². The van der Waals surface area contributed by atoms with Crippen molar-refractivity contribution in [3.63, 3.8) is 0 Å². The normalized spacial score (nSPS) is 13.7. The van der Waals surface area contributed by atoms with E-state index in [2.05, 4.69) is 15.6 Å². The first kappa shape index (κ1) is 21.1. The first-order valence-electron chi connectivity index (χ1n) is 8.03. The highest BCUT2D eigenvalue weighted by Gasteiger charge is 2.28. The van der Waals surface area contributed by atoms with Gasteiger partial charge in [0.05, 0.1) is 19.7 Å². The number of aliphatic imine (C=N–C) groups is 1. The molecule has 0 aliphatic rings. The van der Waals surface area contributed by atoms with Gasteiger partial charge in [0.25, 0.3) is 0 Å². The third-order valence-electron chi connectivity index (χ3n) is 3.66. The lowest BCUT2D eigenvalue weighted by molar-refractivity contribution is -0.142. The molecule has 1 atom stereocenters. The summed E-state index contributed by atoms with van der Waals surface area (Å²) in [6.45, 7) is 3.64. The smallest absolute Gasteiger partial charge is 0.401 e. The van der Waals surface area contributed by atoms with Gasteiger partial charge < -0.3 is 15.4 Å². The number of guanidine groups is 1. The number of hydrogen-bond acceptors (Lipinski definition) is 3. The maximum atomic E-state index is 12.3. The van der Waals surface area contributed by atoms with Crippen molar-refractivity contribution in [1.29, 1.82) is 0 Å². The SMILES string of the molecule is CN=C(NCCN(C)CC(F)(F)F)NC(C)c1cc(C)ccc1OC. The number of rotatable bonds is 7. The number of ether oxygens (including phenoxy) is 1. The topological polar surface area (TPSA) is 48.9 Å². The Hall–Kier alpha value is -1.96. The summed E-state index contributed by atoms with van der Waals surface area (Å²) in [4.78, 5) is 5.33. The van der Waals surface area contributed by atoms with Crippen LogP contribution in [-0.4, -0.2) is 57.9 Å². The van der Waals surface area contributed by atoms with Crippen molar-refractivity contribution in [1.82, 2.24) is 15.5 Å². The van der Waals surface area contributed by atoms with Crippen LogP contribution in [0.4, 0.5) is 13.2 Å². The van der Waals surface area contributed by atoms with Crippen LogP contribution in [0.5, 0.6) is 5.75 Å². The maximum Gasteiger partial charge on any atom is 0.401 e. The molecule has 0 saturated heterocycles. The summed E-state index contributed by atoms with van der Waals surface area (Å²) < 4.78 is 42.3. The Labute approximate surface area is 147 Å². The zero-order chi connectivity index (χ0) is 19.0. The quantitative estimate of drug-likeness (QED) is 0.580. The number of halogens is 3. The number of nitrogens with zero attached hydrogens (tertiary/aromatic N) is 2. The summed E-state index contributed by atoms with van der Waals surface area (Å²) in [5.41, 5.74) is 2.10. The molecule has 0 aliphatic carbocycles. The van der Waals surface area contributed by atoms with E-state index in [1.54, 1.807) is 14.2 Å². The predicted octanol–water partition coefficient (Wildman–Crippen LogP) is 2.72. The summed E-state index contributed by atoms with van der Waals surface area (Å²) in [6, 6.07) is 5.83. The van der Waals surface area contributed by atoms with E-state index in [0.29, 0.717) is 12.5 Å². The summed E-state index contributed by atoms with van der Waals surface area (Å²) in [5.74, 6) is 1.29. The highest BCUT2D eigenvalue weighted by molar-refractivity contribution is 5.80. The van der Waals surface area contributed by atoms with Crippen molar-refractivity contribution in [2.75, 3.05) is 40.8 Å². The fraction of sp³-hybridized carbons (Fsp3) is 0.588. The van der Waals surface area contributed by atoms with E-state index < -0.39 is 12.7 Å². The van der Waals surface area contributed by atoms with E-state index in [1.165, 1.54) is 11.9 Å². The molecule has 8 heteroatoms. The van der Waals surface area contributed by atoms with Crippen molar-refractivity contribution in [2.45, 2.75) is 26.1 Å². The Morgan fingerprint density at radius 3 is 2.60 bits per heavy atom. The molecule has 0 saturated carbocycles. The molecule has 0 bridgehead atoms. The highest BCUT2D eigenvalue weighted by Crippen LogP contribution is 2.25. The molecule has 0 fully saturated rings. The van der Waals surface area contributed by atoms with Gasteiger partial charge in [0.15, 0.2) is 5.96 Å². The number of methoxy groups -OCH3 is 1. The minimum Gasteiger partial charge on any atom is -0.496 e. The summed E-state index contributed by atoms with van der Waals surface area (Å²) in [7, 11) is 4.67. The van der Waals surface area contributed by atoms with Crippen molar-refractivity contribution in [2.24, 2.45) is 4.99 Å². The Morgan fingerprint density at radius 2 is 2.04 bits per heavy atom. The monoisotopic (exact) mass is 360 g/mol. The van der Waals surface area contributed by atoms with Crippen molar-refractivity contribution < 1.29 is 17.9 Å². The third kappa shape index (κ3) is 7.64. The van der Waals surface area contributed by atoms with Gasteiger partial charge in [-0.15, -0.1) is 0 Å². The average Bonchev–Trinajstić information content (AvgIpc) is 2.51. The fourth-order valence-electron chi connectivity index (χ4n) is 2.42. The molecule has 1 unspecified atom stereocenters. The molecule has 0 radical (unpaired) electrons. The van der Waals surface area contributed by atoms with Crippen LogP contribution in [-0.2, 0) is 0 Å². The largest absolute Gasteiger partial charge is 0.496 e. The molecule has 1 rings (SSSR count). The number of benzene rings is 1. The molecule has 5 nitrogen and oxygen atoms in total. The van der Waals surface area contributed by atoms with Gasteiger partial charge in [0.1, 0.15) is 5.75 Å². The van der Waals surface area contributed by atoms with Crippen LogP contribution in [0, 0.1) is 6.92 Å². The van der Waals surface area contributed by atoms with Gasteiger partial charge in [-0.1, -0.05) is 17.7 Å². The zero-order valence-electron chi connectivity index (χ0n) is 15.4. The molecule has 25 heavy (non-hydrogen) atoms. The van der Waals surface area contributed by atoms with Gasteiger partial charge >= 0.3 is 6.18 Å². The van der Waals surface area contributed by atoms with E-state index in [1.807, 2.05) is 32.0 Å². The van der Waals surface area contributed by atoms with Crippen molar-refractivity contribution in [3.05, 3.63) is 29.3 Å². The fourth-order valence-corrected chi connectivity index (χ4v) is 2.42. The Morgan fingerprint density at radius 1 is 1.36 bits per heavy atom. The van der Waals surface area contributed by atoms with Crippen LogP contribution in [0.25, 0.3) is 0 Å². The Balaban J connectivity index is 2.58. The molecule has 0 aromatic heterocycles. The molecule has 2 N–H and O–H groups in total. The molecule has 0 heterocycles. The van der Waals surface area contributed by atoms with E-state index >= 15 is 0 Å². The summed E-state index contributed by atoms with van der Waals surface area (Å²) in [5, 5.41) is 6.25. The molecular weight excluding hydrogens is 333 g/mol. The van der Waals surface area contributed by atoms with Gasteiger partial charge in [0.2, 0.25) is 0 Å².